The lowest BCUT2D eigenvalue weighted by Gasteiger charge is -2.20. The van der Waals surface area contributed by atoms with Crippen LogP contribution in [0.15, 0.2) is 77.9 Å². The molecule has 0 aliphatic rings. The van der Waals surface area contributed by atoms with Crippen LogP contribution in [0.25, 0.3) is 32.7 Å². The predicted octanol–water partition coefficient (Wildman–Crippen LogP) is 7.12. The Hall–Kier alpha value is -4.36. The summed E-state index contributed by atoms with van der Waals surface area (Å²) in [7, 11) is 4.06. The van der Waals surface area contributed by atoms with E-state index in [1.54, 1.807) is 4.90 Å². The minimum absolute atomic E-state index is 0.430. The molecule has 0 spiro atoms. The molecule has 0 aliphatic heterocycles. The van der Waals surface area contributed by atoms with Crippen LogP contribution in [0.5, 0.6) is 0 Å². The smallest absolute Gasteiger partial charge is 0.210 e. The highest BCUT2D eigenvalue weighted by Gasteiger charge is 2.12. The monoisotopic (exact) mass is 550 g/mol. The van der Waals surface area contributed by atoms with Crippen molar-refractivity contribution in [2.75, 3.05) is 56.6 Å². The van der Waals surface area contributed by atoms with Crippen molar-refractivity contribution in [2.24, 2.45) is 4.99 Å². The summed E-state index contributed by atoms with van der Waals surface area (Å²) in [5.74, 6) is 0. The molecule has 0 fully saturated rings. The van der Waals surface area contributed by atoms with Gasteiger partial charge in [0.05, 0.1) is 29.3 Å². The standard InChI is InChI=1S/C34H42N6O/c1-6-17-39(5)19-16-37-32-15-11-28-21-26(9-13-30(28)34(32)36-4)25-8-12-29-27(20-25)10-14-31(35)33(29)38-24(3)22-40(23-41)18-7-2/h8-16,20-21,23,36,38H,3,6-7,17-19,22,35H2,1-2,4-5H3/b37-16+. The minimum Gasteiger partial charge on any atom is -0.397 e. The number of nitrogens with two attached hydrogens (primary N) is 1. The van der Waals surface area contributed by atoms with Crippen LogP contribution in [0.1, 0.15) is 26.7 Å². The zero-order valence-electron chi connectivity index (χ0n) is 24.7. The number of rotatable bonds is 14. The molecule has 4 aromatic rings. The van der Waals surface area contributed by atoms with E-state index in [-0.39, 0.29) is 0 Å². The highest BCUT2D eigenvalue weighted by molar-refractivity contribution is 6.04. The van der Waals surface area contributed by atoms with E-state index < -0.39 is 0 Å². The van der Waals surface area contributed by atoms with Crippen molar-refractivity contribution < 1.29 is 4.79 Å². The number of amides is 1. The average Bonchev–Trinajstić information content (AvgIpc) is 2.97. The van der Waals surface area contributed by atoms with Gasteiger partial charge in [-0.05, 0) is 72.6 Å². The van der Waals surface area contributed by atoms with Crippen molar-refractivity contribution in [3.05, 3.63) is 72.9 Å². The number of benzene rings is 4. The lowest BCUT2D eigenvalue weighted by atomic mass is 9.97. The van der Waals surface area contributed by atoms with E-state index in [0.29, 0.717) is 18.8 Å². The van der Waals surface area contributed by atoms with Gasteiger partial charge < -0.3 is 26.2 Å². The van der Waals surface area contributed by atoms with E-state index in [9.17, 15) is 4.79 Å². The van der Waals surface area contributed by atoms with Crippen LogP contribution >= 0.6 is 0 Å². The Morgan fingerprint density at radius 1 is 0.927 bits per heavy atom. The number of carbonyl (C=O) groups is 1. The van der Waals surface area contributed by atoms with Gasteiger partial charge in [-0.2, -0.15) is 0 Å². The van der Waals surface area contributed by atoms with Crippen molar-refractivity contribution in [3.63, 3.8) is 0 Å². The molecule has 7 heteroatoms. The third-order valence-corrected chi connectivity index (χ3v) is 7.22. The van der Waals surface area contributed by atoms with Crippen LogP contribution in [0.3, 0.4) is 0 Å². The Morgan fingerprint density at radius 3 is 2.17 bits per heavy atom. The van der Waals surface area contributed by atoms with Gasteiger partial charge in [0, 0.05) is 42.8 Å². The fraction of sp³-hybridized carbons (Fsp3) is 0.294. The highest BCUT2D eigenvalue weighted by atomic mass is 16.1. The molecule has 0 atom stereocenters. The third-order valence-electron chi connectivity index (χ3n) is 7.22. The quantitative estimate of drug-likeness (QED) is 0.0884. The number of fused-ring (bicyclic) bond motifs is 2. The lowest BCUT2D eigenvalue weighted by molar-refractivity contribution is -0.117. The SMILES string of the molecule is C=C(CN(C=O)CCC)Nc1c(N)ccc2cc(-c3ccc4c(NC)c(/N=C/CN(C)CCC)ccc4c3)ccc12. The van der Waals surface area contributed by atoms with Crippen molar-refractivity contribution in [1.82, 2.24) is 9.80 Å². The molecule has 4 aromatic carbocycles. The second-order valence-corrected chi connectivity index (χ2v) is 10.5. The normalized spacial score (nSPS) is 11.4. The number of nitrogen functional groups attached to an aromatic ring is 1. The van der Waals surface area contributed by atoms with Gasteiger partial charge in [-0.15, -0.1) is 0 Å². The van der Waals surface area contributed by atoms with E-state index in [2.05, 4.69) is 84.6 Å². The van der Waals surface area contributed by atoms with Crippen molar-refractivity contribution >= 4 is 56.9 Å². The number of carbonyl (C=O) groups excluding carboxylic acids is 1. The van der Waals surface area contributed by atoms with Crippen LogP contribution in [-0.2, 0) is 4.79 Å². The first kappa shape index (κ1) is 29.6. The van der Waals surface area contributed by atoms with E-state index in [1.165, 1.54) is 0 Å². The first-order valence-electron chi connectivity index (χ1n) is 14.3. The van der Waals surface area contributed by atoms with E-state index >= 15 is 0 Å². The third kappa shape index (κ3) is 7.05. The number of nitrogens with zero attached hydrogens (tertiary/aromatic N) is 3. The molecule has 0 aliphatic carbocycles. The number of anilines is 3. The maximum Gasteiger partial charge on any atom is 0.210 e. The Kier molecular flexibility index (Phi) is 9.98. The summed E-state index contributed by atoms with van der Waals surface area (Å²) in [6.07, 6.45) is 4.86. The molecule has 0 bridgehead atoms. The Balaban J connectivity index is 1.61. The van der Waals surface area contributed by atoms with E-state index in [1.807, 2.05) is 32.3 Å². The fourth-order valence-corrected chi connectivity index (χ4v) is 5.20. The Bertz CT molecular complexity index is 1560. The zero-order valence-corrected chi connectivity index (χ0v) is 24.7. The topological polar surface area (TPSA) is 86.0 Å². The lowest BCUT2D eigenvalue weighted by Crippen LogP contribution is -2.27. The summed E-state index contributed by atoms with van der Waals surface area (Å²) in [4.78, 5) is 20.1. The molecule has 41 heavy (non-hydrogen) atoms. The number of aliphatic imine (C=N–C) groups is 1. The molecular weight excluding hydrogens is 508 g/mol. The summed E-state index contributed by atoms with van der Waals surface area (Å²) < 4.78 is 0. The van der Waals surface area contributed by atoms with Crippen LogP contribution < -0.4 is 16.4 Å². The molecule has 1 amide bonds. The first-order chi connectivity index (χ1) is 19.9. The number of hydrogen-bond acceptors (Lipinski definition) is 6. The van der Waals surface area contributed by atoms with Gasteiger partial charge in [-0.3, -0.25) is 9.79 Å². The molecule has 0 saturated carbocycles. The molecule has 0 heterocycles. The van der Waals surface area contributed by atoms with Gasteiger partial charge in [-0.25, -0.2) is 0 Å². The van der Waals surface area contributed by atoms with Crippen molar-refractivity contribution in [1.29, 1.82) is 0 Å². The predicted molar refractivity (Wildman–Crippen MR) is 177 cm³/mol. The van der Waals surface area contributed by atoms with E-state index in [4.69, 9.17) is 10.7 Å². The molecule has 0 aromatic heterocycles. The van der Waals surface area contributed by atoms with Crippen LogP contribution in [0.4, 0.5) is 22.7 Å². The van der Waals surface area contributed by atoms with Crippen molar-refractivity contribution in [2.45, 2.75) is 26.7 Å². The average molecular weight is 551 g/mol. The molecule has 214 valence electrons. The summed E-state index contributed by atoms with van der Waals surface area (Å²) >= 11 is 0. The number of hydrogen-bond donors (Lipinski definition) is 3. The molecule has 4 N–H and O–H groups in total. The molecule has 0 saturated heterocycles. The second kappa shape index (κ2) is 13.8. The summed E-state index contributed by atoms with van der Waals surface area (Å²) in [5, 5.41) is 11.1. The fourth-order valence-electron chi connectivity index (χ4n) is 5.20. The van der Waals surface area contributed by atoms with Crippen LogP contribution in [-0.4, -0.2) is 62.7 Å². The van der Waals surface area contributed by atoms with E-state index in [0.717, 1.165) is 87.8 Å². The van der Waals surface area contributed by atoms with Crippen molar-refractivity contribution in [3.8, 4) is 11.1 Å². The second-order valence-electron chi connectivity index (χ2n) is 10.5. The van der Waals surface area contributed by atoms with Gasteiger partial charge >= 0.3 is 0 Å². The minimum atomic E-state index is 0.430. The van der Waals surface area contributed by atoms with Gasteiger partial charge in [-0.1, -0.05) is 56.8 Å². The summed E-state index contributed by atoms with van der Waals surface area (Å²) in [6.45, 7) is 11.4. The summed E-state index contributed by atoms with van der Waals surface area (Å²) in [6, 6.07) is 21.1. The molecule has 0 unspecified atom stereocenters. The van der Waals surface area contributed by atoms with Crippen LogP contribution in [0.2, 0.25) is 0 Å². The molecule has 7 nitrogen and oxygen atoms in total. The van der Waals surface area contributed by atoms with Gasteiger partial charge in [0.2, 0.25) is 6.41 Å². The highest BCUT2D eigenvalue weighted by Crippen LogP contribution is 2.37. The maximum atomic E-state index is 11.4. The van der Waals surface area contributed by atoms with Gasteiger partial charge in [0.25, 0.3) is 0 Å². The largest absolute Gasteiger partial charge is 0.397 e. The van der Waals surface area contributed by atoms with Gasteiger partial charge in [0.15, 0.2) is 0 Å². The molecule has 0 radical (unpaired) electrons. The first-order valence-corrected chi connectivity index (χ1v) is 14.3. The van der Waals surface area contributed by atoms with Crippen LogP contribution in [0, 0.1) is 0 Å². The van der Waals surface area contributed by atoms with Gasteiger partial charge in [0.1, 0.15) is 0 Å². The maximum absolute atomic E-state index is 11.4. The molecule has 4 rings (SSSR count). The zero-order chi connectivity index (χ0) is 29.4. The number of nitrogens with one attached hydrogen (secondary N) is 2. The summed E-state index contributed by atoms with van der Waals surface area (Å²) in [5.41, 5.74) is 12.8. The molecular formula is C34H42N6O. The Labute approximate surface area is 243 Å². The Morgan fingerprint density at radius 2 is 1.56 bits per heavy atom.